The molecule has 0 bridgehead atoms. The van der Waals surface area contributed by atoms with Gasteiger partial charge in [-0.1, -0.05) is 38.1 Å². The molecular weight excluding hydrogens is 232 g/mol. The molecule has 2 heteroatoms. The Kier molecular flexibility index (Phi) is 5.41. The Morgan fingerprint density at radius 3 is 2.58 bits per heavy atom. The third kappa shape index (κ3) is 4.32. The SMILES string of the molecule is CC(C)c1ccc(CN(C)C2CCCNCC2)cc1. The second kappa shape index (κ2) is 7.06. The maximum Gasteiger partial charge on any atom is 0.0233 e. The maximum absolute atomic E-state index is 3.49. The first-order valence-electron chi connectivity index (χ1n) is 7.66. The van der Waals surface area contributed by atoms with E-state index < -0.39 is 0 Å². The number of benzene rings is 1. The summed E-state index contributed by atoms with van der Waals surface area (Å²) >= 11 is 0. The molecule has 0 aliphatic carbocycles. The van der Waals surface area contributed by atoms with Crippen molar-refractivity contribution in [2.24, 2.45) is 0 Å². The van der Waals surface area contributed by atoms with Gasteiger partial charge in [0, 0.05) is 12.6 Å². The lowest BCUT2D eigenvalue weighted by molar-refractivity contribution is 0.216. The summed E-state index contributed by atoms with van der Waals surface area (Å²) < 4.78 is 0. The van der Waals surface area contributed by atoms with Gasteiger partial charge in [-0.3, -0.25) is 4.90 Å². The Hall–Kier alpha value is -0.860. The predicted molar refractivity (Wildman–Crippen MR) is 82.5 cm³/mol. The quantitative estimate of drug-likeness (QED) is 0.893. The summed E-state index contributed by atoms with van der Waals surface area (Å²) in [6, 6.07) is 9.88. The van der Waals surface area contributed by atoms with Crippen LogP contribution in [0.2, 0.25) is 0 Å². The molecule has 0 radical (unpaired) electrons. The number of nitrogens with zero attached hydrogens (tertiary/aromatic N) is 1. The Morgan fingerprint density at radius 1 is 1.16 bits per heavy atom. The Morgan fingerprint density at radius 2 is 1.89 bits per heavy atom. The van der Waals surface area contributed by atoms with Gasteiger partial charge < -0.3 is 5.32 Å². The fourth-order valence-corrected chi connectivity index (χ4v) is 2.87. The molecular formula is C17H28N2. The average molecular weight is 260 g/mol. The molecule has 1 heterocycles. The van der Waals surface area contributed by atoms with E-state index in [2.05, 4.69) is 55.4 Å². The number of nitrogens with one attached hydrogen (secondary N) is 1. The molecule has 1 N–H and O–H groups in total. The van der Waals surface area contributed by atoms with Crippen molar-refractivity contribution in [2.45, 2.75) is 51.6 Å². The van der Waals surface area contributed by atoms with E-state index in [1.807, 2.05) is 0 Å². The first-order valence-corrected chi connectivity index (χ1v) is 7.66. The van der Waals surface area contributed by atoms with Crippen molar-refractivity contribution in [2.75, 3.05) is 20.1 Å². The number of rotatable bonds is 4. The minimum absolute atomic E-state index is 0.625. The minimum Gasteiger partial charge on any atom is -0.317 e. The first kappa shape index (κ1) is 14.5. The predicted octanol–water partition coefficient (Wildman–Crippen LogP) is 3.38. The second-order valence-corrected chi connectivity index (χ2v) is 6.15. The summed E-state index contributed by atoms with van der Waals surface area (Å²) in [4.78, 5) is 2.53. The van der Waals surface area contributed by atoms with Gasteiger partial charge in [0.15, 0.2) is 0 Å². The average Bonchev–Trinajstić information content (AvgIpc) is 2.68. The highest BCUT2D eigenvalue weighted by Crippen LogP contribution is 2.18. The lowest BCUT2D eigenvalue weighted by Gasteiger charge is -2.27. The number of hydrogen-bond donors (Lipinski definition) is 1. The zero-order valence-corrected chi connectivity index (χ0v) is 12.7. The number of hydrogen-bond acceptors (Lipinski definition) is 2. The van der Waals surface area contributed by atoms with Crippen molar-refractivity contribution < 1.29 is 0 Å². The van der Waals surface area contributed by atoms with Crippen molar-refractivity contribution >= 4 is 0 Å². The molecule has 1 saturated heterocycles. The van der Waals surface area contributed by atoms with Crippen LogP contribution in [0.25, 0.3) is 0 Å². The topological polar surface area (TPSA) is 15.3 Å². The van der Waals surface area contributed by atoms with Crippen molar-refractivity contribution in [3.8, 4) is 0 Å². The third-order valence-corrected chi connectivity index (χ3v) is 4.25. The van der Waals surface area contributed by atoms with Crippen molar-refractivity contribution in [1.82, 2.24) is 10.2 Å². The molecule has 0 saturated carbocycles. The van der Waals surface area contributed by atoms with Crippen LogP contribution in [0.3, 0.4) is 0 Å². The molecule has 0 spiro atoms. The molecule has 19 heavy (non-hydrogen) atoms. The Labute approximate surface area is 118 Å². The highest BCUT2D eigenvalue weighted by atomic mass is 15.1. The van der Waals surface area contributed by atoms with Crippen LogP contribution < -0.4 is 5.32 Å². The monoisotopic (exact) mass is 260 g/mol. The van der Waals surface area contributed by atoms with Gasteiger partial charge in [0.1, 0.15) is 0 Å². The fraction of sp³-hybridized carbons (Fsp3) is 0.647. The molecule has 1 aliphatic rings. The summed E-state index contributed by atoms with van der Waals surface area (Å²) in [5.41, 5.74) is 2.87. The normalized spacial score (nSPS) is 20.8. The lowest BCUT2D eigenvalue weighted by Crippen LogP contribution is -2.31. The van der Waals surface area contributed by atoms with Crippen LogP contribution in [-0.4, -0.2) is 31.1 Å². The van der Waals surface area contributed by atoms with Crippen molar-refractivity contribution in [3.63, 3.8) is 0 Å². The first-order chi connectivity index (χ1) is 9.16. The van der Waals surface area contributed by atoms with Gasteiger partial charge >= 0.3 is 0 Å². The molecule has 0 aromatic heterocycles. The highest BCUT2D eigenvalue weighted by Gasteiger charge is 2.16. The molecule has 106 valence electrons. The van der Waals surface area contributed by atoms with Crippen LogP contribution in [0.1, 0.15) is 50.2 Å². The van der Waals surface area contributed by atoms with Crippen LogP contribution in [-0.2, 0) is 6.54 Å². The summed E-state index contributed by atoms with van der Waals surface area (Å²) in [5.74, 6) is 0.625. The van der Waals surface area contributed by atoms with E-state index in [0.717, 1.165) is 12.6 Å². The smallest absolute Gasteiger partial charge is 0.0233 e. The van der Waals surface area contributed by atoms with E-state index in [1.54, 1.807) is 0 Å². The zero-order chi connectivity index (χ0) is 13.7. The maximum atomic E-state index is 3.49. The third-order valence-electron chi connectivity index (χ3n) is 4.25. The van der Waals surface area contributed by atoms with E-state index >= 15 is 0 Å². The molecule has 1 aliphatic heterocycles. The molecule has 1 atom stereocenters. The molecule has 1 fully saturated rings. The molecule has 2 nitrogen and oxygen atoms in total. The standard InChI is InChI=1S/C17H28N2/c1-14(2)16-8-6-15(7-9-16)13-19(3)17-5-4-11-18-12-10-17/h6-9,14,17-18H,4-5,10-13H2,1-3H3. The highest BCUT2D eigenvalue weighted by molar-refractivity contribution is 5.24. The van der Waals surface area contributed by atoms with Gasteiger partial charge in [0.25, 0.3) is 0 Å². The lowest BCUT2D eigenvalue weighted by atomic mass is 10.0. The summed E-state index contributed by atoms with van der Waals surface area (Å²) in [6.45, 7) is 7.93. The van der Waals surface area contributed by atoms with Gasteiger partial charge in [-0.05, 0) is 56.4 Å². The van der Waals surface area contributed by atoms with Crippen LogP contribution in [0.15, 0.2) is 24.3 Å². The van der Waals surface area contributed by atoms with E-state index in [-0.39, 0.29) is 0 Å². The zero-order valence-electron chi connectivity index (χ0n) is 12.7. The van der Waals surface area contributed by atoms with E-state index in [9.17, 15) is 0 Å². The van der Waals surface area contributed by atoms with Gasteiger partial charge in [0.2, 0.25) is 0 Å². The van der Waals surface area contributed by atoms with Crippen LogP contribution in [0, 0.1) is 0 Å². The van der Waals surface area contributed by atoms with E-state index in [0.29, 0.717) is 5.92 Å². The second-order valence-electron chi connectivity index (χ2n) is 6.15. The minimum atomic E-state index is 0.625. The fourth-order valence-electron chi connectivity index (χ4n) is 2.87. The molecule has 1 aromatic carbocycles. The summed E-state index contributed by atoms with van der Waals surface area (Å²) in [7, 11) is 2.27. The molecule has 2 rings (SSSR count). The molecule has 1 unspecified atom stereocenters. The van der Waals surface area contributed by atoms with Crippen molar-refractivity contribution in [3.05, 3.63) is 35.4 Å². The van der Waals surface area contributed by atoms with Gasteiger partial charge in [-0.2, -0.15) is 0 Å². The van der Waals surface area contributed by atoms with Crippen LogP contribution in [0.4, 0.5) is 0 Å². The Balaban J connectivity index is 1.91. The Bertz CT molecular complexity index is 361. The molecule has 1 aromatic rings. The molecule has 0 amide bonds. The summed E-state index contributed by atoms with van der Waals surface area (Å²) in [5, 5.41) is 3.49. The van der Waals surface area contributed by atoms with Gasteiger partial charge in [-0.15, -0.1) is 0 Å². The van der Waals surface area contributed by atoms with Crippen molar-refractivity contribution in [1.29, 1.82) is 0 Å². The summed E-state index contributed by atoms with van der Waals surface area (Å²) in [6.07, 6.45) is 3.91. The van der Waals surface area contributed by atoms with Crippen LogP contribution in [0.5, 0.6) is 0 Å². The largest absolute Gasteiger partial charge is 0.317 e. The van der Waals surface area contributed by atoms with E-state index in [4.69, 9.17) is 0 Å². The van der Waals surface area contributed by atoms with Gasteiger partial charge in [0.05, 0.1) is 0 Å². The van der Waals surface area contributed by atoms with Gasteiger partial charge in [-0.25, -0.2) is 0 Å². The van der Waals surface area contributed by atoms with E-state index in [1.165, 1.54) is 43.5 Å². The van der Waals surface area contributed by atoms with Crippen LogP contribution >= 0.6 is 0 Å².